The molecular weight excluding hydrogens is 210 g/mol. The van der Waals surface area contributed by atoms with Crippen molar-refractivity contribution in [3.05, 3.63) is 29.8 Å². The molecule has 0 spiro atoms. The van der Waals surface area contributed by atoms with Crippen LogP contribution in [0.2, 0.25) is 0 Å². The van der Waals surface area contributed by atoms with Gasteiger partial charge in [0.05, 0.1) is 12.7 Å². The van der Waals surface area contributed by atoms with E-state index in [1.165, 1.54) is 25.3 Å². The monoisotopic (exact) mass is 219 g/mol. The van der Waals surface area contributed by atoms with Crippen molar-refractivity contribution in [3.8, 4) is 17.6 Å². The molecule has 0 saturated heterocycles. The predicted molar refractivity (Wildman–Crippen MR) is 55.4 cm³/mol. The van der Waals surface area contributed by atoms with Gasteiger partial charge < -0.3 is 14.9 Å². The van der Waals surface area contributed by atoms with Gasteiger partial charge in [0.1, 0.15) is 6.07 Å². The van der Waals surface area contributed by atoms with Gasteiger partial charge in [0.15, 0.2) is 11.5 Å². The van der Waals surface area contributed by atoms with Crippen LogP contribution in [0.5, 0.6) is 11.5 Å². The molecule has 82 valence electrons. The van der Waals surface area contributed by atoms with Crippen molar-refractivity contribution in [1.82, 2.24) is 0 Å². The van der Waals surface area contributed by atoms with Crippen molar-refractivity contribution in [1.29, 1.82) is 5.26 Å². The highest BCUT2D eigenvalue weighted by Crippen LogP contribution is 2.27. The van der Waals surface area contributed by atoms with Crippen LogP contribution in [-0.2, 0) is 9.53 Å². The van der Waals surface area contributed by atoms with Gasteiger partial charge in [0.25, 0.3) is 0 Å². The van der Waals surface area contributed by atoms with Crippen molar-refractivity contribution in [2.24, 2.45) is 0 Å². The summed E-state index contributed by atoms with van der Waals surface area (Å²) in [6.07, 6.45) is 1.01. The van der Waals surface area contributed by atoms with Crippen LogP contribution in [-0.4, -0.2) is 23.3 Å². The quantitative estimate of drug-likeness (QED) is 0.337. The van der Waals surface area contributed by atoms with E-state index in [-0.39, 0.29) is 17.1 Å². The fourth-order valence-electron chi connectivity index (χ4n) is 1.05. The normalized spacial score (nSPS) is 10.6. The lowest BCUT2D eigenvalue weighted by atomic mass is 10.1. The topological polar surface area (TPSA) is 90.6 Å². The van der Waals surface area contributed by atoms with E-state index in [9.17, 15) is 9.90 Å². The van der Waals surface area contributed by atoms with Crippen LogP contribution in [0.15, 0.2) is 24.3 Å². The Hall–Kier alpha value is -2.48. The Morgan fingerprint density at radius 3 is 2.62 bits per heavy atom. The lowest BCUT2D eigenvalue weighted by Crippen LogP contribution is -1.96. The highest BCUT2D eigenvalue weighted by molar-refractivity contribution is 5.95. The molecule has 1 aromatic carbocycles. The number of esters is 1. The summed E-state index contributed by atoms with van der Waals surface area (Å²) in [7, 11) is 1.20. The van der Waals surface area contributed by atoms with Crippen LogP contribution in [0.1, 0.15) is 5.56 Å². The maximum Gasteiger partial charge on any atom is 0.331 e. The molecular formula is C11H9NO4. The van der Waals surface area contributed by atoms with Gasteiger partial charge in [-0.2, -0.15) is 5.26 Å². The van der Waals surface area contributed by atoms with E-state index < -0.39 is 5.97 Å². The number of carbonyl (C=O) groups is 1. The number of rotatable bonds is 2. The zero-order valence-electron chi connectivity index (χ0n) is 8.47. The summed E-state index contributed by atoms with van der Waals surface area (Å²) < 4.78 is 4.38. The molecule has 16 heavy (non-hydrogen) atoms. The third-order valence-electron chi connectivity index (χ3n) is 1.87. The Morgan fingerprint density at radius 1 is 1.44 bits per heavy atom. The highest BCUT2D eigenvalue weighted by atomic mass is 16.5. The number of phenols is 2. The van der Waals surface area contributed by atoms with Gasteiger partial charge in [-0.15, -0.1) is 0 Å². The number of nitrogens with zero attached hydrogens (tertiary/aromatic N) is 1. The molecule has 1 rings (SSSR count). The number of aromatic hydroxyl groups is 2. The van der Waals surface area contributed by atoms with Gasteiger partial charge >= 0.3 is 5.97 Å². The summed E-state index contributed by atoms with van der Waals surface area (Å²) in [5.74, 6) is -1.31. The van der Waals surface area contributed by atoms with Crippen molar-refractivity contribution >= 4 is 11.5 Å². The number of nitriles is 1. The molecule has 0 radical (unpaired) electrons. The molecule has 0 aliphatic rings. The zero-order chi connectivity index (χ0) is 12.1. The number of hydrogen-bond donors (Lipinski definition) is 2. The molecule has 0 heterocycles. The Kier molecular flexibility index (Phi) is 3.51. The fraction of sp³-hybridized carbons (Fsp3) is 0.0909. The van der Waals surface area contributed by atoms with Crippen LogP contribution in [0.25, 0.3) is 5.57 Å². The molecule has 5 heteroatoms. The second-order valence-electron chi connectivity index (χ2n) is 2.90. The maximum atomic E-state index is 10.9. The number of phenolic OH excluding ortho intramolecular Hbond substituents is 2. The first-order valence-electron chi connectivity index (χ1n) is 4.30. The minimum atomic E-state index is -0.663. The van der Waals surface area contributed by atoms with Crippen LogP contribution < -0.4 is 0 Å². The van der Waals surface area contributed by atoms with Crippen LogP contribution in [0.3, 0.4) is 0 Å². The highest BCUT2D eigenvalue weighted by Gasteiger charge is 2.07. The molecule has 0 saturated carbocycles. The number of methoxy groups -OCH3 is 1. The molecule has 5 nitrogen and oxygen atoms in total. The van der Waals surface area contributed by atoms with Gasteiger partial charge in [0, 0.05) is 6.08 Å². The van der Waals surface area contributed by atoms with Gasteiger partial charge in [-0.3, -0.25) is 0 Å². The maximum absolute atomic E-state index is 10.9. The van der Waals surface area contributed by atoms with E-state index in [4.69, 9.17) is 10.4 Å². The largest absolute Gasteiger partial charge is 0.504 e. The van der Waals surface area contributed by atoms with E-state index >= 15 is 0 Å². The average molecular weight is 219 g/mol. The summed E-state index contributed by atoms with van der Waals surface area (Å²) in [6.45, 7) is 0. The standard InChI is InChI=1S/C11H9NO4/c1-16-11(15)5-8(6-12)7-2-3-9(13)10(14)4-7/h2-5,13-14H,1H3. The Labute approximate surface area is 91.8 Å². The molecule has 0 bridgehead atoms. The van der Waals surface area contributed by atoms with Crippen LogP contribution in [0, 0.1) is 11.3 Å². The van der Waals surface area contributed by atoms with Crippen LogP contribution in [0.4, 0.5) is 0 Å². The van der Waals surface area contributed by atoms with Crippen molar-refractivity contribution < 1.29 is 19.7 Å². The van der Waals surface area contributed by atoms with Crippen molar-refractivity contribution in [2.75, 3.05) is 7.11 Å². The summed E-state index contributed by atoms with van der Waals surface area (Å²) in [4.78, 5) is 10.9. The van der Waals surface area contributed by atoms with Crippen LogP contribution >= 0.6 is 0 Å². The third-order valence-corrected chi connectivity index (χ3v) is 1.87. The third kappa shape index (κ3) is 2.51. The summed E-state index contributed by atoms with van der Waals surface area (Å²) in [6, 6.07) is 5.62. The number of carbonyl (C=O) groups excluding carboxylic acids is 1. The van der Waals surface area contributed by atoms with Gasteiger partial charge in [-0.05, 0) is 23.8 Å². The van der Waals surface area contributed by atoms with Crippen molar-refractivity contribution in [3.63, 3.8) is 0 Å². The molecule has 2 N–H and O–H groups in total. The van der Waals surface area contributed by atoms with E-state index in [1.807, 2.05) is 0 Å². The van der Waals surface area contributed by atoms with Gasteiger partial charge in [-0.1, -0.05) is 0 Å². The summed E-state index contributed by atoms with van der Waals surface area (Å²) >= 11 is 0. The summed E-state index contributed by atoms with van der Waals surface area (Å²) in [5.41, 5.74) is 0.366. The Morgan fingerprint density at radius 2 is 2.12 bits per heavy atom. The van der Waals surface area contributed by atoms with E-state index in [0.29, 0.717) is 5.56 Å². The second kappa shape index (κ2) is 4.84. The minimum absolute atomic E-state index is 0.0437. The van der Waals surface area contributed by atoms with E-state index in [1.54, 1.807) is 6.07 Å². The smallest absolute Gasteiger partial charge is 0.331 e. The number of ether oxygens (including phenoxy) is 1. The molecule has 0 atom stereocenters. The fourth-order valence-corrected chi connectivity index (χ4v) is 1.05. The lowest BCUT2D eigenvalue weighted by Gasteiger charge is -2.01. The average Bonchev–Trinajstić information content (AvgIpc) is 2.29. The lowest BCUT2D eigenvalue weighted by molar-refractivity contribution is -0.134. The SMILES string of the molecule is COC(=O)C=C(C#N)c1ccc(O)c(O)c1. The molecule has 0 aliphatic heterocycles. The Balaban J connectivity index is 3.16. The molecule has 0 aromatic heterocycles. The first kappa shape index (κ1) is 11.6. The molecule has 0 unspecified atom stereocenters. The minimum Gasteiger partial charge on any atom is -0.504 e. The zero-order valence-corrected chi connectivity index (χ0v) is 8.47. The first-order valence-corrected chi connectivity index (χ1v) is 4.30. The number of hydrogen-bond acceptors (Lipinski definition) is 5. The van der Waals surface area contributed by atoms with E-state index in [2.05, 4.69) is 4.74 Å². The molecule has 1 aromatic rings. The van der Waals surface area contributed by atoms with E-state index in [0.717, 1.165) is 6.08 Å². The van der Waals surface area contributed by atoms with Gasteiger partial charge in [0.2, 0.25) is 0 Å². The number of allylic oxidation sites excluding steroid dienone is 1. The first-order chi connectivity index (χ1) is 7.58. The second-order valence-corrected chi connectivity index (χ2v) is 2.90. The number of benzene rings is 1. The molecule has 0 fully saturated rings. The molecule has 0 amide bonds. The molecule has 0 aliphatic carbocycles. The Bertz CT molecular complexity index is 485. The summed E-state index contributed by atoms with van der Waals surface area (Å²) in [5, 5.41) is 27.1. The van der Waals surface area contributed by atoms with Gasteiger partial charge in [-0.25, -0.2) is 4.79 Å². The van der Waals surface area contributed by atoms with Crippen molar-refractivity contribution in [2.45, 2.75) is 0 Å². The predicted octanol–water partition coefficient (Wildman–Crippen LogP) is 1.18.